The summed E-state index contributed by atoms with van der Waals surface area (Å²) in [6.45, 7) is 12.2. The first-order chi connectivity index (χ1) is 13.1. The van der Waals surface area contributed by atoms with Crippen molar-refractivity contribution in [1.29, 1.82) is 0 Å². The van der Waals surface area contributed by atoms with Gasteiger partial charge in [0.25, 0.3) is 0 Å². The minimum atomic E-state index is -0.413. The van der Waals surface area contributed by atoms with Gasteiger partial charge in [-0.3, -0.25) is 0 Å². The summed E-state index contributed by atoms with van der Waals surface area (Å²) >= 11 is 0. The summed E-state index contributed by atoms with van der Waals surface area (Å²) in [5.41, 5.74) is 1.47. The molecule has 0 aromatic rings. The predicted octanol–water partition coefficient (Wildman–Crippen LogP) is 4.55. The van der Waals surface area contributed by atoms with Crippen LogP contribution in [0.1, 0.15) is 79.6 Å². The molecule has 0 bridgehead atoms. The first-order valence-electron chi connectivity index (χ1n) is 11.6. The highest BCUT2D eigenvalue weighted by Crippen LogP contribution is 2.72. The van der Waals surface area contributed by atoms with E-state index in [1.807, 2.05) is 0 Å². The maximum absolute atomic E-state index is 11.5. The molecule has 0 aliphatic heterocycles. The van der Waals surface area contributed by atoms with Crippen LogP contribution in [0.3, 0.4) is 0 Å². The first kappa shape index (κ1) is 20.9. The second-order valence-corrected chi connectivity index (χ2v) is 12.1. The van der Waals surface area contributed by atoms with Gasteiger partial charge in [0.05, 0.1) is 19.3 Å². The standard InChI is InChI=1S/C25H42O3/c1-22(2)10-6-11-23(3)18(22)9-12-24(4)19-8-7-16(14-26)17(15-27)25(19,5)21(28)13-20(23)24/h7,17-21,26-28H,6,8-15H2,1-5H3/t17?,18-,19-,20+,21+,23-,24-,25+/m0/s1. The Labute approximate surface area is 171 Å². The summed E-state index contributed by atoms with van der Waals surface area (Å²) in [5.74, 6) is 1.51. The van der Waals surface area contributed by atoms with Crippen LogP contribution in [0, 0.1) is 45.3 Å². The summed E-state index contributed by atoms with van der Waals surface area (Å²) in [6.07, 6.45) is 10.00. The van der Waals surface area contributed by atoms with Gasteiger partial charge in [-0.05, 0) is 78.1 Å². The van der Waals surface area contributed by atoms with Crippen molar-refractivity contribution >= 4 is 0 Å². The molecule has 0 aromatic heterocycles. The Morgan fingerprint density at radius 1 is 0.929 bits per heavy atom. The minimum Gasteiger partial charge on any atom is -0.396 e. The number of hydrogen-bond donors (Lipinski definition) is 3. The Balaban J connectivity index is 1.79. The van der Waals surface area contributed by atoms with E-state index < -0.39 is 6.10 Å². The average molecular weight is 391 g/mol. The van der Waals surface area contributed by atoms with E-state index in [-0.39, 0.29) is 30.0 Å². The van der Waals surface area contributed by atoms with Crippen molar-refractivity contribution in [2.24, 2.45) is 45.3 Å². The minimum absolute atomic E-state index is 0.00558. The maximum atomic E-state index is 11.5. The van der Waals surface area contributed by atoms with Gasteiger partial charge in [0.2, 0.25) is 0 Å². The molecule has 8 atom stereocenters. The van der Waals surface area contributed by atoms with Crippen molar-refractivity contribution in [3.05, 3.63) is 11.6 Å². The number of aliphatic hydroxyl groups is 3. The fourth-order valence-electron chi connectivity index (χ4n) is 9.36. The number of hydrogen-bond acceptors (Lipinski definition) is 3. The summed E-state index contributed by atoms with van der Waals surface area (Å²) in [4.78, 5) is 0. The van der Waals surface area contributed by atoms with Gasteiger partial charge in [-0.25, -0.2) is 0 Å². The molecule has 1 unspecified atom stereocenters. The van der Waals surface area contributed by atoms with E-state index in [4.69, 9.17) is 0 Å². The molecule has 0 amide bonds. The molecule has 4 rings (SSSR count). The van der Waals surface area contributed by atoms with Crippen LogP contribution in [0.15, 0.2) is 11.6 Å². The molecule has 4 aliphatic carbocycles. The molecule has 0 aromatic carbocycles. The zero-order valence-electron chi connectivity index (χ0n) is 18.7. The van der Waals surface area contributed by atoms with Crippen LogP contribution in [0.25, 0.3) is 0 Å². The number of rotatable bonds is 2. The number of fused-ring (bicyclic) bond motifs is 5. The first-order valence-corrected chi connectivity index (χ1v) is 11.6. The average Bonchev–Trinajstić information content (AvgIpc) is 2.62. The van der Waals surface area contributed by atoms with E-state index in [1.165, 1.54) is 32.1 Å². The predicted molar refractivity (Wildman–Crippen MR) is 113 cm³/mol. The molecule has 3 heteroatoms. The smallest absolute Gasteiger partial charge is 0.0645 e. The Morgan fingerprint density at radius 2 is 1.61 bits per heavy atom. The van der Waals surface area contributed by atoms with Gasteiger partial charge in [-0.15, -0.1) is 0 Å². The largest absolute Gasteiger partial charge is 0.396 e. The molecule has 0 saturated heterocycles. The van der Waals surface area contributed by atoms with Crippen LogP contribution in [-0.2, 0) is 0 Å². The molecule has 4 aliphatic rings. The Hall–Kier alpha value is -0.380. The highest BCUT2D eigenvalue weighted by Gasteiger charge is 2.67. The Kier molecular flexibility index (Phi) is 4.89. The van der Waals surface area contributed by atoms with Gasteiger partial charge >= 0.3 is 0 Å². The molecule has 28 heavy (non-hydrogen) atoms. The highest BCUT2D eigenvalue weighted by molar-refractivity contribution is 5.25. The summed E-state index contributed by atoms with van der Waals surface area (Å²) in [5, 5.41) is 31.7. The topological polar surface area (TPSA) is 60.7 Å². The molecule has 3 fully saturated rings. The van der Waals surface area contributed by atoms with Crippen molar-refractivity contribution in [3.63, 3.8) is 0 Å². The highest BCUT2D eigenvalue weighted by atomic mass is 16.3. The van der Waals surface area contributed by atoms with Crippen LogP contribution in [0.2, 0.25) is 0 Å². The third kappa shape index (κ3) is 2.51. The third-order valence-electron chi connectivity index (χ3n) is 10.7. The van der Waals surface area contributed by atoms with Crippen LogP contribution in [-0.4, -0.2) is 34.6 Å². The van der Waals surface area contributed by atoms with E-state index in [1.54, 1.807) is 0 Å². The van der Waals surface area contributed by atoms with Crippen LogP contribution in [0.4, 0.5) is 0 Å². The molecular formula is C25H42O3. The van der Waals surface area contributed by atoms with Crippen LogP contribution in [0.5, 0.6) is 0 Å². The van der Waals surface area contributed by atoms with Crippen molar-refractivity contribution in [3.8, 4) is 0 Å². The fourth-order valence-corrected chi connectivity index (χ4v) is 9.36. The van der Waals surface area contributed by atoms with Gasteiger partial charge in [-0.1, -0.05) is 47.1 Å². The summed E-state index contributed by atoms with van der Waals surface area (Å²) < 4.78 is 0. The third-order valence-corrected chi connectivity index (χ3v) is 10.7. The Bertz CT molecular complexity index is 654. The molecule has 0 spiro atoms. The van der Waals surface area contributed by atoms with Gasteiger partial charge in [0, 0.05) is 11.3 Å². The monoisotopic (exact) mass is 390 g/mol. The van der Waals surface area contributed by atoms with E-state index in [9.17, 15) is 15.3 Å². The van der Waals surface area contributed by atoms with Crippen molar-refractivity contribution < 1.29 is 15.3 Å². The lowest BCUT2D eigenvalue weighted by Gasteiger charge is -2.70. The maximum Gasteiger partial charge on any atom is 0.0645 e. The molecular weight excluding hydrogens is 348 g/mol. The van der Waals surface area contributed by atoms with E-state index in [2.05, 4.69) is 40.7 Å². The van der Waals surface area contributed by atoms with Crippen molar-refractivity contribution in [2.45, 2.75) is 85.7 Å². The van der Waals surface area contributed by atoms with Crippen LogP contribution < -0.4 is 0 Å². The van der Waals surface area contributed by atoms with Crippen molar-refractivity contribution in [2.75, 3.05) is 13.2 Å². The van der Waals surface area contributed by atoms with Crippen molar-refractivity contribution in [1.82, 2.24) is 0 Å². The lowest BCUT2D eigenvalue weighted by Crippen LogP contribution is -2.66. The van der Waals surface area contributed by atoms with Gasteiger partial charge in [0.15, 0.2) is 0 Å². The van der Waals surface area contributed by atoms with E-state index in [0.717, 1.165) is 24.3 Å². The van der Waals surface area contributed by atoms with Gasteiger partial charge in [0.1, 0.15) is 0 Å². The van der Waals surface area contributed by atoms with E-state index >= 15 is 0 Å². The van der Waals surface area contributed by atoms with Crippen LogP contribution >= 0.6 is 0 Å². The SMILES string of the molecule is CC1(C)CCC[C@]2(C)[C@H]3C[C@@H](O)[C@]4(C)C(CO)C(CO)=CC[C@H]4[C@]3(C)CC[C@@H]12. The molecule has 3 saturated carbocycles. The molecule has 3 nitrogen and oxygen atoms in total. The van der Waals surface area contributed by atoms with E-state index in [0.29, 0.717) is 22.7 Å². The van der Waals surface area contributed by atoms with Gasteiger partial charge < -0.3 is 15.3 Å². The quantitative estimate of drug-likeness (QED) is 0.606. The summed E-state index contributed by atoms with van der Waals surface area (Å²) in [7, 11) is 0. The number of aliphatic hydroxyl groups excluding tert-OH is 3. The lowest BCUT2D eigenvalue weighted by molar-refractivity contribution is -0.236. The number of allylic oxidation sites excluding steroid dienone is 1. The zero-order chi connectivity index (χ0) is 20.5. The molecule has 3 N–H and O–H groups in total. The molecule has 0 radical (unpaired) electrons. The zero-order valence-corrected chi connectivity index (χ0v) is 18.7. The molecule has 0 heterocycles. The molecule has 160 valence electrons. The fraction of sp³-hybridized carbons (Fsp3) is 0.920. The normalized spacial score (nSPS) is 52.9. The second-order valence-electron chi connectivity index (χ2n) is 12.1. The lowest BCUT2D eigenvalue weighted by atomic mass is 9.34. The summed E-state index contributed by atoms with van der Waals surface area (Å²) in [6, 6.07) is 0. The van der Waals surface area contributed by atoms with Gasteiger partial charge in [-0.2, -0.15) is 0 Å². The Morgan fingerprint density at radius 3 is 2.25 bits per heavy atom. The second kappa shape index (κ2) is 6.56.